The van der Waals surface area contributed by atoms with Crippen LogP contribution in [-0.2, 0) is 5.41 Å². The number of hydrogen-bond donors (Lipinski definition) is 0. The molecule has 15 aromatic rings. The molecular weight excluding hydrogens is 925 g/mol. The van der Waals surface area contributed by atoms with Gasteiger partial charge in [0, 0.05) is 0 Å². The molecule has 0 radical (unpaired) electrons. The third kappa shape index (κ3) is 5.71. The minimum absolute atomic E-state index is 0.615. The average molecular weight is 971 g/mol. The van der Waals surface area contributed by atoms with Crippen molar-refractivity contribution in [2.24, 2.45) is 0 Å². The Morgan fingerprint density at radius 2 is 0.506 bits per heavy atom. The van der Waals surface area contributed by atoms with Crippen LogP contribution in [0.15, 0.2) is 279 Å². The Labute approximate surface area is 446 Å². The van der Waals surface area contributed by atoms with E-state index in [1.54, 1.807) is 0 Å². The molecule has 0 heteroatoms. The second-order valence-electron chi connectivity index (χ2n) is 21.2. The maximum Gasteiger partial charge on any atom is 0.0726 e. The van der Waals surface area contributed by atoms with Crippen LogP contribution in [0.25, 0.3) is 142 Å². The van der Waals surface area contributed by atoms with Crippen molar-refractivity contribution in [3.8, 4) is 66.8 Å². The molecule has 17 rings (SSSR count). The summed E-state index contributed by atoms with van der Waals surface area (Å²) >= 11 is 0. The maximum atomic E-state index is 2.63. The van der Waals surface area contributed by atoms with Gasteiger partial charge in [0.25, 0.3) is 0 Å². The van der Waals surface area contributed by atoms with E-state index in [0.717, 1.165) is 0 Å². The zero-order valence-electron chi connectivity index (χ0n) is 42.1. The van der Waals surface area contributed by atoms with Gasteiger partial charge in [-0.2, -0.15) is 0 Å². The van der Waals surface area contributed by atoms with Crippen LogP contribution < -0.4 is 0 Å². The fourth-order valence-electron chi connectivity index (χ4n) is 14.7. The molecule has 2 aliphatic carbocycles. The minimum Gasteiger partial charge on any atom is -0.0619 e. The van der Waals surface area contributed by atoms with Gasteiger partial charge in [0.05, 0.1) is 5.41 Å². The lowest BCUT2D eigenvalue weighted by Gasteiger charge is -2.31. The summed E-state index contributed by atoms with van der Waals surface area (Å²) in [7, 11) is 0. The topological polar surface area (TPSA) is 0 Å². The molecule has 2 aliphatic rings. The number of benzene rings is 15. The zero-order valence-corrected chi connectivity index (χ0v) is 42.1. The van der Waals surface area contributed by atoms with E-state index in [1.165, 1.54) is 164 Å². The molecule has 0 fully saturated rings. The van der Waals surface area contributed by atoms with Gasteiger partial charge < -0.3 is 0 Å². The molecule has 0 heterocycles. The second-order valence-corrected chi connectivity index (χ2v) is 21.2. The summed E-state index contributed by atoms with van der Waals surface area (Å²) in [5, 5.41) is 17.6. The van der Waals surface area contributed by atoms with Gasteiger partial charge in [0.15, 0.2) is 0 Å². The summed E-state index contributed by atoms with van der Waals surface area (Å²) in [6.07, 6.45) is 0. The third-order valence-electron chi connectivity index (χ3n) is 17.6. The average Bonchev–Trinajstić information content (AvgIpc) is 4.09. The maximum absolute atomic E-state index is 2.63. The van der Waals surface area contributed by atoms with Crippen LogP contribution in [0.2, 0.25) is 0 Å². The van der Waals surface area contributed by atoms with E-state index >= 15 is 0 Å². The van der Waals surface area contributed by atoms with E-state index in [2.05, 4.69) is 279 Å². The fourth-order valence-corrected chi connectivity index (χ4v) is 14.7. The van der Waals surface area contributed by atoms with Crippen molar-refractivity contribution >= 4 is 75.4 Å². The first-order valence-electron chi connectivity index (χ1n) is 27.0. The first-order valence-corrected chi connectivity index (χ1v) is 27.0. The van der Waals surface area contributed by atoms with Gasteiger partial charge in [-0.15, -0.1) is 0 Å². The van der Waals surface area contributed by atoms with E-state index < -0.39 is 5.41 Å². The number of hydrogen-bond acceptors (Lipinski definition) is 0. The summed E-state index contributed by atoms with van der Waals surface area (Å²) in [5.41, 5.74) is 20.0. The monoisotopic (exact) mass is 970 g/mol. The molecule has 15 aromatic carbocycles. The summed E-state index contributed by atoms with van der Waals surface area (Å²) in [4.78, 5) is 0. The molecule has 0 bridgehead atoms. The van der Waals surface area contributed by atoms with Gasteiger partial charge in [-0.05, 0) is 177 Å². The van der Waals surface area contributed by atoms with Crippen LogP contribution in [0.1, 0.15) is 22.3 Å². The predicted octanol–water partition coefficient (Wildman–Crippen LogP) is 20.8. The van der Waals surface area contributed by atoms with E-state index in [1.807, 2.05) is 0 Å². The van der Waals surface area contributed by atoms with Crippen LogP contribution in [0.3, 0.4) is 0 Å². The quantitative estimate of drug-likeness (QED) is 0.154. The van der Waals surface area contributed by atoms with Crippen LogP contribution in [0, 0.1) is 0 Å². The molecule has 77 heavy (non-hydrogen) atoms. The van der Waals surface area contributed by atoms with Crippen LogP contribution in [0.4, 0.5) is 0 Å². The van der Waals surface area contributed by atoms with Gasteiger partial charge in [0.2, 0.25) is 0 Å². The van der Waals surface area contributed by atoms with E-state index in [0.29, 0.717) is 0 Å². The molecule has 0 N–H and O–H groups in total. The summed E-state index contributed by atoms with van der Waals surface area (Å²) in [5.74, 6) is 0. The Morgan fingerprint density at radius 3 is 0.974 bits per heavy atom. The fraction of sp³-hybridized carbons (Fsp3) is 0.0130. The molecule has 0 nitrogen and oxygen atoms in total. The molecule has 0 unspecified atom stereocenters. The van der Waals surface area contributed by atoms with Crippen molar-refractivity contribution < 1.29 is 0 Å². The highest BCUT2D eigenvalue weighted by Crippen LogP contribution is 2.65. The van der Waals surface area contributed by atoms with Crippen molar-refractivity contribution in [2.45, 2.75) is 5.41 Å². The first-order chi connectivity index (χ1) is 38.3. The zero-order chi connectivity index (χ0) is 50.3. The van der Waals surface area contributed by atoms with Gasteiger partial charge in [-0.3, -0.25) is 0 Å². The Morgan fingerprint density at radius 1 is 0.169 bits per heavy atom. The largest absolute Gasteiger partial charge is 0.0726 e. The van der Waals surface area contributed by atoms with E-state index in [4.69, 9.17) is 0 Å². The summed E-state index contributed by atoms with van der Waals surface area (Å²) in [6.45, 7) is 0. The Balaban J connectivity index is 0.986. The van der Waals surface area contributed by atoms with Gasteiger partial charge in [0.1, 0.15) is 0 Å². The van der Waals surface area contributed by atoms with Crippen LogP contribution in [0.5, 0.6) is 0 Å². The van der Waals surface area contributed by atoms with Gasteiger partial charge in [-0.1, -0.05) is 267 Å². The molecular formula is C77H46. The molecule has 0 saturated heterocycles. The van der Waals surface area contributed by atoms with Crippen molar-refractivity contribution in [1.29, 1.82) is 0 Å². The molecule has 0 aliphatic heterocycles. The lowest BCUT2D eigenvalue weighted by atomic mass is 9.69. The molecule has 0 atom stereocenters. The third-order valence-corrected chi connectivity index (χ3v) is 17.6. The molecule has 0 amide bonds. The molecule has 1 spiro atoms. The van der Waals surface area contributed by atoms with Gasteiger partial charge in [-0.25, -0.2) is 0 Å². The normalized spacial score (nSPS) is 13.0. The van der Waals surface area contributed by atoms with Crippen molar-refractivity contribution in [2.75, 3.05) is 0 Å². The first kappa shape index (κ1) is 42.5. The molecule has 0 saturated carbocycles. The van der Waals surface area contributed by atoms with E-state index in [9.17, 15) is 0 Å². The highest BCUT2D eigenvalue weighted by Gasteiger charge is 2.52. The van der Waals surface area contributed by atoms with Crippen molar-refractivity contribution in [3.05, 3.63) is 301 Å². The lowest BCUT2D eigenvalue weighted by Crippen LogP contribution is -2.26. The second kappa shape index (κ2) is 16.1. The van der Waals surface area contributed by atoms with Crippen LogP contribution in [-0.4, -0.2) is 0 Å². The highest BCUT2D eigenvalue weighted by molar-refractivity contribution is 6.27. The van der Waals surface area contributed by atoms with Crippen molar-refractivity contribution in [1.82, 2.24) is 0 Å². The number of rotatable bonds is 4. The Bertz CT molecular complexity index is 4880. The van der Waals surface area contributed by atoms with Crippen LogP contribution >= 0.6 is 0 Å². The summed E-state index contributed by atoms with van der Waals surface area (Å²) < 4.78 is 0. The minimum atomic E-state index is -0.615. The highest BCUT2D eigenvalue weighted by atomic mass is 14.5. The van der Waals surface area contributed by atoms with Gasteiger partial charge >= 0.3 is 0 Å². The summed E-state index contributed by atoms with van der Waals surface area (Å²) in [6, 6.07) is 106. The van der Waals surface area contributed by atoms with Crippen molar-refractivity contribution in [3.63, 3.8) is 0 Å². The standard InChI is InChI=1S/C77H46/c1-3-25-50-47(21-1)23-19-39-55(50)73-60-33-9-7-31-58(60)72(59-32-8-10-34-61(59)73)49-43-44-66-70(45-49)77(68-41-17-15-28-53(68)54-29-16-18-42-69(54)77)71-46-67(52-27-5-6-30-57(52)76(66)71)75-64-37-13-11-35-62(64)74(63-36-12-14-38-65(63)75)56-40-20-24-48-22-2-4-26-51(48)56/h1-46H. The lowest BCUT2D eigenvalue weighted by molar-refractivity contribution is 0.795. The smallest absolute Gasteiger partial charge is 0.0619 e. The molecule has 0 aromatic heterocycles. The number of fused-ring (bicyclic) bond motifs is 18. The predicted molar refractivity (Wildman–Crippen MR) is 327 cm³/mol. The Hall–Kier alpha value is -9.88. The Kier molecular flexibility index (Phi) is 8.86. The SMILES string of the molecule is c1ccc2c(c1)-c1ccccc1C21c2cc(-c3c4ccccc4c(-c4cccc5ccccc45)c4ccccc34)ccc2-c2c1cc(-c1c3ccccc3c(-c3cccc4ccccc34)c3ccccc13)c1ccccc21. The molecule has 354 valence electrons. The van der Waals surface area contributed by atoms with E-state index in [-0.39, 0.29) is 0 Å².